The van der Waals surface area contributed by atoms with E-state index < -0.39 is 5.97 Å². The minimum Gasteiger partial charge on any atom is -0.550 e. The molecule has 0 saturated heterocycles. The van der Waals surface area contributed by atoms with Gasteiger partial charge in [0.25, 0.3) is 0 Å². The number of nitrogens with one attached hydrogen (secondary N) is 1. The van der Waals surface area contributed by atoms with Crippen molar-refractivity contribution in [1.82, 2.24) is 4.98 Å². The number of carboxylic acid groups (broad SMARTS) is 1. The van der Waals surface area contributed by atoms with E-state index in [0.29, 0.717) is 12.0 Å². The smallest absolute Gasteiger partial charge is 0.550 e. The molecule has 148 valence electrons. The Morgan fingerprint density at radius 3 is 2.57 bits per heavy atom. The fraction of sp³-hybridized carbons (Fsp3) is 0.261. The first-order valence-corrected chi connectivity index (χ1v) is 10.6. The van der Waals surface area contributed by atoms with E-state index in [1.165, 1.54) is 0 Å². The van der Waals surface area contributed by atoms with Gasteiger partial charge in [-0.05, 0) is 43.2 Å². The molecule has 0 aliphatic rings. The van der Waals surface area contributed by atoms with E-state index in [2.05, 4.69) is 16.4 Å². The van der Waals surface area contributed by atoms with Crippen LogP contribution in [0, 0.1) is 11.3 Å². The molecular formula is C23H22N3NaO2S. The number of aromatic nitrogens is 1. The van der Waals surface area contributed by atoms with Crippen LogP contribution in [0.3, 0.4) is 0 Å². The van der Waals surface area contributed by atoms with Crippen molar-refractivity contribution < 1.29 is 39.5 Å². The molecule has 1 heterocycles. The molecule has 3 aromatic rings. The van der Waals surface area contributed by atoms with Crippen molar-refractivity contribution in [2.45, 2.75) is 37.0 Å². The molecule has 1 aromatic heterocycles. The third-order valence-corrected chi connectivity index (χ3v) is 5.79. The zero-order chi connectivity index (χ0) is 20.5. The molecule has 7 heteroatoms. The number of nitrogens with zero attached hydrogens (tertiary/aromatic N) is 2. The average Bonchev–Trinajstić information content (AvgIpc) is 2.74. The van der Waals surface area contributed by atoms with Crippen LogP contribution in [0.5, 0.6) is 0 Å². The molecule has 0 amide bonds. The topological polar surface area (TPSA) is 88.8 Å². The maximum absolute atomic E-state index is 10.4. The Morgan fingerprint density at radius 1 is 1.03 bits per heavy atom. The SMILES string of the molecule is N#Cc1ccc(Nc2cnccc2SCCCCCCC(=O)[O-])c2ccccc12.[Na+]. The number of hydrogen-bond acceptors (Lipinski definition) is 6. The summed E-state index contributed by atoms with van der Waals surface area (Å²) in [5.74, 6) is -0.0137. The Labute approximate surface area is 203 Å². The number of nitriles is 1. The number of rotatable bonds is 10. The maximum atomic E-state index is 10.4. The van der Waals surface area contributed by atoms with E-state index in [-0.39, 0.29) is 36.0 Å². The Kier molecular flexibility index (Phi) is 10.2. The summed E-state index contributed by atoms with van der Waals surface area (Å²) in [4.78, 5) is 15.8. The third-order valence-electron chi connectivity index (χ3n) is 4.63. The summed E-state index contributed by atoms with van der Waals surface area (Å²) in [6.07, 6.45) is 7.37. The number of anilines is 2. The summed E-state index contributed by atoms with van der Waals surface area (Å²) >= 11 is 1.76. The molecule has 0 spiro atoms. The Bertz CT molecular complexity index is 1040. The number of aliphatic carboxylic acids is 1. The summed E-state index contributed by atoms with van der Waals surface area (Å²) in [6.45, 7) is 0. The molecular weight excluding hydrogens is 405 g/mol. The molecule has 2 aromatic carbocycles. The van der Waals surface area contributed by atoms with Gasteiger partial charge in [0.05, 0.1) is 23.5 Å². The molecule has 5 nitrogen and oxygen atoms in total. The Hall–Kier alpha value is -2.04. The van der Waals surface area contributed by atoms with E-state index in [0.717, 1.165) is 52.1 Å². The summed E-state index contributed by atoms with van der Waals surface area (Å²) in [5.41, 5.74) is 2.53. The largest absolute Gasteiger partial charge is 1.00 e. The second-order valence-electron chi connectivity index (χ2n) is 6.70. The van der Waals surface area contributed by atoms with Crippen molar-refractivity contribution >= 4 is 39.9 Å². The molecule has 0 aliphatic carbocycles. The molecule has 0 atom stereocenters. The van der Waals surface area contributed by atoms with Crippen LogP contribution in [-0.2, 0) is 4.79 Å². The van der Waals surface area contributed by atoms with Gasteiger partial charge >= 0.3 is 29.6 Å². The molecule has 0 fully saturated rings. The summed E-state index contributed by atoms with van der Waals surface area (Å²) in [5, 5.41) is 25.2. The van der Waals surface area contributed by atoms with E-state index in [1.807, 2.05) is 48.7 Å². The number of pyridine rings is 1. The van der Waals surface area contributed by atoms with Gasteiger partial charge in [0.15, 0.2) is 0 Å². The number of fused-ring (bicyclic) bond motifs is 1. The van der Waals surface area contributed by atoms with Crippen molar-refractivity contribution in [3.8, 4) is 6.07 Å². The molecule has 0 unspecified atom stereocenters. The monoisotopic (exact) mass is 427 g/mol. The van der Waals surface area contributed by atoms with E-state index in [1.54, 1.807) is 18.0 Å². The first-order chi connectivity index (χ1) is 14.2. The Morgan fingerprint density at radius 2 is 1.80 bits per heavy atom. The van der Waals surface area contributed by atoms with Crippen LogP contribution in [0.4, 0.5) is 11.4 Å². The van der Waals surface area contributed by atoms with Crippen LogP contribution in [-0.4, -0.2) is 16.7 Å². The number of benzene rings is 2. The van der Waals surface area contributed by atoms with Gasteiger partial charge in [-0.15, -0.1) is 11.8 Å². The quantitative estimate of drug-likeness (QED) is 0.301. The first kappa shape index (κ1) is 24.2. The second kappa shape index (κ2) is 12.6. The molecule has 3 rings (SSSR count). The Balaban J connectivity index is 0.00000320. The normalized spacial score (nSPS) is 10.2. The van der Waals surface area contributed by atoms with E-state index >= 15 is 0 Å². The number of hydrogen-bond donors (Lipinski definition) is 1. The van der Waals surface area contributed by atoms with Crippen LogP contribution >= 0.6 is 11.8 Å². The van der Waals surface area contributed by atoms with Gasteiger partial charge in [-0.1, -0.05) is 37.1 Å². The van der Waals surface area contributed by atoms with Gasteiger partial charge in [0.1, 0.15) is 0 Å². The van der Waals surface area contributed by atoms with Gasteiger partial charge in [0.2, 0.25) is 0 Å². The average molecular weight is 428 g/mol. The van der Waals surface area contributed by atoms with Gasteiger partial charge in [-0.3, -0.25) is 4.98 Å². The van der Waals surface area contributed by atoms with E-state index in [4.69, 9.17) is 0 Å². The molecule has 1 N–H and O–H groups in total. The zero-order valence-corrected chi connectivity index (χ0v) is 19.9. The van der Waals surface area contributed by atoms with E-state index in [9.17, 15) is 15.2 Å². The zero-order valence-electron chi connectivity index (χ0n) is 17.1. The predicted molar refractivity (Wildman–Crippen MR) is 115 cm³/mol. The summed E-state index contributed by atoms with van der Waals surface area (Å²) in [7, 11) is 0. The molecule has 0 saturated carbocycles. The van der Waals surface area contributed by atoms with Crippen LogP contribution in [0.25, 0.3) is 10.8 Å². The third kappa shape index (κ3) is 6.75. The number of carboxylic acids is 1. The number of carbonyl (C=O) groups excluding carboxylic acids is 1. The van der Waals surface area contributed by atoms with Gasteiger partial charge in [-0.2, -0.15) is 5.26 Å². The van der Waals surface area contributed by atoms with Crippen LogP contribution in [0.2, 0.25) is 0 Å². The molecule has 30 heavy (non-hydrogen) atoms. The summed E-state index contributed by atoms with van der Waals surface area (Å²) < 4.78 is 0. The van der Waals surface area contributed by atoms with Gasteiger partial charge in [-0.25, -0.2) is 0 Å². The fourth-order valence-corrected chi connectivity index (χ4v) is 4.14. The van der Waals surface area contributed by atoms with Crippen molar-refractivity contribution in [2.75, 3.05) is 11.1 Å². The summed E-state index contributed by atoms with van der Waals surface area (Å²) in [6, 6.07) is 15.9. The second-order valence-corrected chi connectivity index (χ2v) is 7.84. The number of unbranched alkanes of at least 4 members (excludes halogenated alkanes) is 3. The maximum Gasteiger partial charge on any atom is 1.00 e. The minimum atomic E-state index is -0.970. The fourth-order valence-electron chi connectivity index (χ4n) is 3.16. The number of carbonyl (C=O) groups is 1. The van der Waals surface area contributed by atoms with Gasteiger partial charge in [0, 0.05) is 33.5 Å². The molecule has 0 aliphatic heterocycles. The van der Waals surface area contributed by atoms with Crippen molar-refractivity contribution in [2.24, 2.45) is 0 Å². The van der Waals surface area contributed by atoms with Crippen molar-refractivity contribution in [3.63, 3.8) is 0 Å². The van der Waals surface area contributed by atoms with Crippen LogP contribution in [0.15, 0.2) is 59.8 Å². The molecule has 0 bridgehead atoms. The van der Waals surface area contributed by atoms with Gasteiger partial charge < -0.3 is 15.2 Å². The van der Waals surface area contributed by atoms with Crippen molar-refractivity contribution in [3.05, 3.63) is 60.4 Å². The van der Waals surface area contributed by atoms with Crippen LogP contribution in [0.1, 0.15) is 37.7 Å². The van der Waals surface area contributed by atoms with Crippen LogP contribution < -0.4 is 40.0 Å². The van der Waals surface area contributed by atoms with Crippen molar-refractivity contribution in [1.29, 1.82) is 5.26 Å². The first-order valence-electron chi connectivity index (χ1n) is 9.64. The predicted octanol–water partition coefficient (Wildman–Crippen LogP) is 1.65. The minimum absolute atomic E-state index is 0. The standard InChI is InChI=1S/C23H23N3O2S.Na/c24-15-17-10-11-20(19-8-5-4-7-18(17)19)26-21-16-25-13-12-22(21)29-14-6-2-1-3-9-23(27)28;/h4-5,7-8,10-13,16,26H,1-3,6,9,14H2,(H,27,28);/q;+1/p-1. The number of thioether (sulfide) groups is 1. The molecule has 0 radical (unpaired) electrons.